The Hall–Kier alpha value is -1.52. The van der Waals surface area contributed by atoms with Crippen molar-refractivity contribution in [3.8, 4) is 5.75 Å². The number of ether oxygens (including phenoxy) is 1. The highest BCUT2D eigenvalue weighted by Gasteiger charge is 2.05. The van der Waals surface area contributed by atoms with Crippen LogP contribution in [-0.2, 0) is 6.42 Å². The summed E-state index contributed by atoms with van der Waals surface area (Å²) in [4.78, 5) is 5.64. The molecule has 2 N–H and O–H groups in total. The smallest absolute Gasteiger partial charge is 0.119 e. The topological polar surface area (TPSA) is 48.1 Å². The van der Waals surface area contributed by atoms with Crippen LogP contribution in [-0.4, -0.2) is 18.6 Å². The van der Waals surface area contributed by atoms with Crippen LogP contribution in [0, 0.1) is 6.92 Å². The van der Waals surface area contributed by atoms with E-state index in [1.54, 1.807) is 18.9 Å². The number of pyridine rings is 1. The lowest BCUT2D eigenvalue weighted by Gasteiger charge is -2.08. The van der Waals surface area contributed by atoms with Crippen LogP contribution in [0.2, 0.25) is 0 Å². The second-order valence-electron chi connectivity index (χ2n) is 4.29. The monoisotopic (exact) mass is 274 g/mol. The minimum absolute atomic E-state index is 0.656. The van der Waals surface area contributed by atoms with Crippen molar-refractivity contribution in [2.75, 3.05) is 13.7 Å². The van der Waals surface area contributed by atoms with Crippen LogP contribution in [0.5, 0.6) is 5.75 Å². The number of benzene rings is 1. The van der Waals surface area contributed by atoms with Gasteiger partial charge in [0.2, 0.25) is 0 Å². The molecule has 4 heteroatoms. The van der Waals surface area contributed by atoms with E-state index in [-0.39, 0.29) is 0 Å². The van der Waals surface area contributed by atoms with Crippen molar-refractivity contribution in [2.24, 2.45) is 5.73 Å². The predicted molar refractivity (Wildman–Crippen MR) is 78.8 cm³/mol. The van der Waals surface area contributed by atoms with Gasteiger partial charge < -0.3 is 10.5 Å². The average molecular weight is 274 g/mol. The summed E-state index contributed by atoms with van der Waals surface area (Å²) in [6.45, 7) is 2.74. The lowest BCUT2D eigenvalue weighted by atomic mass is 10.2. The lowest BCUT2D eigenvalue weighted by Crippen LogP contribution is -2.03. The molecule has 0 atom stereocenters. The molecule has 1 aromatic carbocycles. The Labute approximate surface area is 118 Å². The summed E-state index contributed by atoms with van der Waals surface area (Å²) in [5.74, 6) is 0.863. The van der Waals surface area contributed by atoms with Gasteiger partial charge in [0, 0.05) is 11.1 Å². The molecule has 0 aliphatic rings. The van der Waals surface area contributed by atoms with Crippen molar-refractivity contribution in [1.82, 2.24) is 4.98 Å². The van der Waals surface area contributed by atoms with Crippen LogP contribution in [0.15, 0.2) is 46.5 Å². The van der Waals surface area contributed by atoms with Crippen molar-refractivity contribution < 1.29 is 4.74 Å². The minimum atomic E-state index is 0.656. The number of hydrogen-bond acceptors (Lipinski definition) is 4. The van der Waals surface area contributed by atoms with E-state index in [9.17, 15) is 0 Å². The van der Waals surface area contributed by atoms with Gasteiger partial charge in [0.25, 0.3) is 0 Å². The maximum atomic E-state index is 5.56. The third kappa shape index (κ3) is 3.72. The van der Waals surface area contributed by atoms with Crippen molar-refractivity contribution in [3.05, 3.63) is 47.7 Å². The zero-order valence-corrected chi connectivity index (χ0v) is 12.0. The van der Waals surface area contributed by atoms with Gasteiger partial charge in [-0.3, -0.25) is 0 Å². The van der Waals surface area contributed by atoms with Gasteiger partial charge >= 0.3 is 0 Å². The first-order chi connectivity index (χ1) is 9.22. The number of hydrogen-bond donors (Lipinski definition) is 1. The highest BCUT2D eigenvalue weighted by atomic mass is 32.2. The van der Waals surface area contributed by atoms with Crippen molar-refractivity contribution >= 4 is 11.8 Å². The molecule has 0 aliphatic heterocycles. The highest BCUT2D eigenvalue weighted by Crippen LogP contribution is 2.30. The summed E-state index contributed by atoms with van der Waals surface area (Å²) >= 11 is 1.65. The molecule has 0 amide bonds. The number of methoxy groups -OCH3 is 1. The molecule has 3 nitrogen and oxygen atoms in total. The molecule has 0 saturated carbocycles. The van der Waals surface area contributed by atoms with E-state index in [2.05, 4.69) is 24.0 Å². The summed E-state index contributed by atoms with van der Waals surface area (Å²) < 4.78 is 5.23. The fourth-order valence-electron chi connectivity index (χ4n) is 1.81. The molecule has 1 aromatic heterocycles. The lowest BCUT2D eigenvalue weighted by molar-refractivity contribution is 0.413. The first kappa shape index (κ1) is 13.9. The van der Waals surface area contributed by atoms with E-state index in [0.29, 0.717) is 6.54 Å². The summed E-state index contributed by atoms with van der Waals surface area (Å²) in [6, 6.07) is 10.2. The third-order valence-electron chi connectivity index (χ3n) is 2.78. The molecule has 0 bridgehead atoms. The maximum absolute atomic E-state index is 5.56. The Morgan fingerprint density at radius 3 is 2.84 bits per heavy atom. The number of aryl methyl sites for hydroxylation is 1. The van der Waals surface area contributed by atoms with Crippen LogP contribution in [0.4, 0.5) is 0 Å². The Bertz CT molecular complexity index is 558. The summed E-state index contributed by atoms with van der Waals surface area (Å²) in [7, 11) is 1.68. The van der Waals surface area contributed by atoms with Gasteiger partial charge in [-0.25, -0.2) is 4.98 Å². The molecule has 0 unspecified atom stereocenters. The molecule has 0 spiro atoms. The minimum Gasteiger partial charge on any atom is -0.497 e. The molecule has 0 saturated heterocycles. The zero-order chi connectivity index (χ0) is 13.7. The van der Waals surface area contributed by atoms with Crippen LogP contribution in [0.3, 0.4) is 0 Å². The van der Waals surface area contributed by atoms with Gasteiger partial charge in [0.05, 0.1) is 7.11 Å². The molecule has 0 radical (unpaired) electrons. The standard InChI is InChI=1S/C15H18N2OS/c1-11-8-12(6-7-16)10-17-15(11)19-14-5-3-4-13(9-14)18-2/h3-5,8-10H,6-7,16H2,1-2H3. The first-order valence-electron chi connectivity index (χ1n) is 6.20. The highest BCUT2D eigenvalue weighted by molar-refractivity contribution is 7.99. The molecule has 100 valence electrons. The van der Waals surface area contributed by atoms with Gasteiger partial charge in [0.1, 0.15) is 10.8 Å². The van der Waals surface area contributed by atoms with E-state index in [1.165, 1.54) is 11.1 Å². The fourth-order valence-corrected chi connectivity index (χ4v) is 2.68. The van der Waals surface area contributed by atoms with Gasteiger partial charge in [0.15, 0.2) is 0 Å². The van der Waals surface area contributed by atoms with Crippen LogP contribution in [0.1, 0.15) is 11.1 Å². The maximum Gasteiger partial charge on any atom is 0.119 e. The molecule has 19 heavy (non-hydrogen) atoms. The molecule has 1 heterocycles. The van der Waals surface area contributed by atoms with Gasteiger partial charge in [-0.05, 0) is 49.2 Å². The van der Waals surface area contributed by atoms with Crippen LogP contribution < -0.4 is 10.5 Å². The zero-order valence-electron chi connectivity index (χ0n) is 11.2. The second-order valence-corrected chi connectivity index (χ2v) is 5.35. The number of nitrogens with two attached hydrogens (primary N) is 1. The van der Waals surface area contributed by atoms with Gasteiger partial charge in [-0.2, -0.15) is 0 Å². The normalized spacial score (nSPS) is 10.5. The van der Waals surface area contributed by atoms with Crippen LogP contribution >= 0.6 is 11.8 Å². The van der Waals surface area contributed by atoms with Crippen molar-refractivity contribution in [2.45, 2.75) is 23.3 Å². The van der Waals surface area contributed by atoms with Gasteiger partial charge in [-0.1, -0.05) is 23.9 Å². The van der Waals surface area contributed by atoms with E-state index < -0.39 is 0 Å². The first-order valence-corrected chi connectivity index (χ1v) is 7.02. The van der Waals surface area contributed by atoms with Crippen molar-refractivity contribution in [3.63, 3.8) is 0 Å². The van der Waals surface area contributed by atoms with Gasteiger partial charge in [-0.15, -0.1) is 0 Å². The molecule has 2 rings (SSSR count). The summed E-state index contributed by atoms with van der Waals surface area (Å²) in [5, 5.41) is 1.02. The molecule has 0 aliphatic carbocycles. The Kier molecular flexibility index (Phi) is 4.82. The van der Waals surface area contributed by atoms with E-state index in [1.807, 2.05) is 24.4 Å². The van der Waals surface area contributed by atoms with Crippen LogP contribution in [0.25, 0.3) is 0 Å². The number of aromatic nitrogens is 1. The average Bonchev–Trinajstić information content (AvgIpc) is 2.42. The Morgan fingerprint density at radius 2 is 2.16 bits per heavy atom. The van der Waals surface area contributed by atoms with E-state index in [0.717, 1.165) is 22.1 Å². The third-order valence-corrected chi connectivity index (χ3v) is 3.89. The van der Waals surface area contributed by atoms with Crippen molar-refractivity contribution in [1.29, 1.82) is 0 Å². The Morgan fingerprint density at radius 1 is 1.32 bits per heavy atom. The van der Waals surface area contributed by atoms with E-state index in [4.69, 9.17) is 10.5 Å². The fraction of sp³-hybridized carbons (Fsp3) is 0.267. The Balaban J connectivity index is 2.18. The SMILES string of the molecule is COc1cccc(Sc2ncc(CCN)cc2C)c1. The number of rotatable bonds is 5. The summed E-state index contributed by atoms with van der Waals surface area (Å²) in [5.41, 5.74) is 7.93. The molecular weight excluding hydrogens is 256 g/mol. The summed E-state index contributed by atoms with van der Waals surface area (Å²) in [6.07, 6.45) is 2.78. The predicted octanol–water partition coefficient (Wildman–Crippen LogP) is 3.05. The largest absolute Gasteiger partial charge is 0.497 e. The quantitative estimate of drug-likeness (QED) is 0.910. The number of nitrogens with zero attached hydrogens (tertiary/aromatic N) is 1. The van der Waals surface area contributed by atoms with E-state index >= 15 is 0 Å². The second kappa shape index (κ2) is 6.59. The molecular formula is C15H18N2OS. The molecule has 2 aromatic rings. The molecule has 0 fully saturated rings.